The molecule has 0 radical (unpaired) electrons. The number of nitrogens with one attached hydrogen (secondary N) is 2. The average molecular weight is 422 g/mol. The van der Waals surface area contributed by atoms with Gasteiger partial charge in [-0.05, 0) is 72.4 Å². The Morgan fingerprint density at radius 2 is 1.94 bits per heavy atom. The molecule has 0 atom stereocenters. The number of hydrogen-bond acceptors (Lipinski definition) is 3. The van der Waals surface area contributed by atoms with Gasteiger partial charge in [0.15, 0.2) is 11.6 Å². The second kappa shape index (κ2) is 10.7. The minimum absolute atomic E-state index is 0.466. The lowest BCUT2D eigenvalue weighted by atomic mass is 10.0. The molecule has 3 rings (SSSR count). The van der Waals surface area contributed by atoms with Crippen molar-refractivity contribution in [3.63, 3.8) is 0 Å². The fourth-order valence-corrected chi connectivity index (χ4v) is 3.47. The number of halogens is 2. The predicted molar refractivity (Wildman–Crippen MR) is 124 cm³/mol. The van der Waals surface area contributed by atoms with E-state index in [-0.39, 0.29) is 0 Å². The highest BCUT2D eigenvalue weighted by atomic mass is 19.2. The quantitative estimate of drug-likeness (QED) is 0.374. The Bertz CT molecular complexity index is 1010. The number of aryl methyl sites for hydroxylation is 2. The third kappa shape index (κ3) is 6.40. The minimum atomic E-state index is -0.835. The van der Waals surface area contributed by atoms with Crippen LogP contribution in [0.15, 0.2) is 85.3 Å². The van der Waals surface area contributed by atoms with E-state index in [2.05, 4.69) is 53.8 Å². The van der Waals surface area contributed by atoms with Gasteiger partial charge in [0.1, 0.15) is 0 Å². The molecule has 1 aliphatic rings. The molecule has 0 saturated carbocycles. The SMILES string of the molecule is C=CCCc1cc(NCN(CC2=CC=CNC2=C)Cc2ccc(F)c(F)c2)ccc1C. The molecule has 3 nitrogen and oxygen atoms in total. The Labute approximate surface area is 183 Å². The fraction of sp³-hybridized carbons (Fsp3) is 0.231. The Morgan fingerprint density at radius 1 is 1.10 bits per heavy atom. The maximum atomic E-state index is 13.7. The van der Waals surface area contributed by atoms with E-state index in [1.54, 1.807) is 6.07 Å². The molecule has 0 aromatic heterocycles. The molecular formula is C26H29F2N3. The average Bonchev–Trinajstić information content (AvgIpc) is 2.76. The first-order valence-corrected chi connectivity index (χ1v) is 10.4. The summed E-state index contributed by atoms with van der Waals surface area (Å²) in [4.78, 5) is 2.13. The molecule has 162 valence electrons. The van der Waals surface area contributed by atoms with Crippen molar-refractivity contribution in [2.45, 2.75) is 26.3 Å². The lowest BCUT2D eigenvalue weighted by Crippen LogP contribution is -2.32. The number of nitrogens with zero attached hydrogens (tertiary/aromatic N) is 1. The lowest BCUT2D eigenvalue weighted by molar-refractivity contribution is 0.308. The van der Waals surface area contributed by atoms with Crippen molar-refractivity contribution < 1.29 is 8.78 Å². The Hall–Kier alpha value is -3.18. The zero-order chi connectivity index (χ0) is 22.2. The molecule has 0 spiro atoms. The highest BCUT2D eigenvalue weighted by Crippen LogP contribution is 2.19. The van der Waals surface area contributed by atoms with Crippen LogP contribution >= 0.6 is 0 Å². The van der Waals surface area contributed by atoms with Crippen molar-refractivity contribution in [3.05, 3.63) is 114 Å². The molecule has 0 aliphatic carbocycles. The predicted octanol–water partition coefficient (Wildman–Crippen LogP) is 5.82. The summed E-state index contributed by atoms with van der Waals surface area (Å²) in [5.41, 5.74) is 6.15. The maximum Gasteiger partial charge on any atom is 0.159 e. The number of hydrogen-bond donors (Lipinski definition) is 2. The summed E-state index contributed by atoms with van der Waals surface area (Å²) in [7, 11) is 0. The van der Waals surface area contributed by atoms with Crippen LogP contribution in [-0.4, -0.2) is 18.1 Å². The Balaban J connectivity index is 1.75. The van der Waals surface area contributed by atoms with Gasteiger partial charge in [0.05, 0.1) is 6.67 Å². The number of rotatable bonds is 10. The van der Waals surface area contributed by atoms with Gasteiger partial charge in [-0.3, -0.25) is 4.90 Å². The first-order valence-electron chi connectivity index (χ1n) is 10.4. The number of dihydropyridines is 1. The molecule has 1 aliphatic heterocycles. The number of anilines is 1. The summed E-state index contributed by atoms with van der Waals surface area (Å²) < 4.78 is 27.1. The molecular weight excluding hydrogens is 392 g/mol. The van der Waals surface area contributed by atoms with Crippen LogP contribution in [-0.2, 0) is 13.0 Å². The van der Waals surface area contributed by atoms with Crippen molar-refractivity contribution in [2.75, 3.05) is 18.5 Å². The standard InChI is InChI=1S/C26H29F2N3/c1-4-5-7-22-15-24(11-9-19(22)2)30-18-31(17-23-8-6-13-29-20(23)3)16-21-10-12-25(27)26(28)14-21/h4,6,8-15,29-30H,1,3,5,7,16-18H2,2H3. The van der Waals surface area contributed by atoms with Crippen LogP contribution in [0.4, 0.5) is 14.5 Å². The van der Waals surface area contributed by atoms with Gasteiger partial charge in [0, 0.05) is 30.7 Å². The van der Waals surface area contributed by atoms with Gasteiger partial charge in [-0.2, -0.15) is 0 Å². The van der Waals surface area contributed by atoms with Crippen molar-refractivity contribution in [3.8, 4) is 0 Å². The smallest absolute Gasteiger partial charge is 0.159 e. The summed E-state index contributed by atoms with van der Waals surface area (Å²) in [5, 5.41) is 6.59. The van der Waals surface area contributed by atoms with Crippen LogP contribution in [0.2, 0.25) is 0 Å². The van der Waals surface area contributed by atoms with Gasteiger partial charge in [-0.1, -0.05) is 30.9 Å². The third-order valence-electron chi connectivity index (χ3n) is 5.30. The molecule has 0 unspecified atom stereocenters. The van der Waals surface area contributed by atoms with E-state index < -0.39 is 11.6 Å². The van der Waals surface area contributed by atoms with Gasteiger partial charge in [0.25, 0.3) is 0 Å². The van der Waals surface area contributed by atoms with Crippen LogP contribution in [0, 0.1) is 18.6 Å². The van der Waals surface area contributed by atoms with Crippen molar-refractivity contribution >= 4 is 5.69 Å². The van der Waals surface area contributed by atoms with E-state index in [9.17, 15) is 8.78 Å². The summed E-state index contributed by atoms with van der Waals surface area (Å²) in [5.74, 6) is -1.67. The molecule has 2 aromatic carbocycles. The maximum absolute atomic E-state index is 13.7. The van der Waals surface area contributed by atoms with E-state index in [1.807, 2.05) is 24.4 Å². The highest BCUT2D eigenvalue weighted by molar-refractivity contribution is 5.48. The van der Waals surface area contributed by atoms with Crippen molar-refractivity contribution in [1.29, 1.82) is 0 Å². The zero-order valence-corrected chi connectivity index (χ0v) is 17.9. The van der Waals surface area contributed by atoms with Crippen LogP contribution in [0.3, 0.4) is 0 Å². The van der Waals surface area contributed by atoms with Crippen LogP contribution in [0.1, 0.15) is 23.1 Å². The first kappa shape index (κ1) is 22.5. The van der Waals surface area contributed by atoms with Crippen molar-refractivity contribution in [1.82, 2.24) is 10.2 Å². The Kier molecular flexibility index (Phi) is 7.79. The molecule has 31 heavy (non-hydrogen) atoms. The number of allylic oxidation sites excluding steroid dienone is 3. The van der Waals surface area contributed by atoms with Crippen LogP contribution < -0.4 is 10.6 Å². The molecule has 0 saturated heterocycles. The summed E-state index contributed by atoms with van der Waals surface area (Å²) in [6.45, 7) is 11.6. The zero-order valence-electron chi connectivity index (χ0n) is 17.9. The van der Waals surface area contributed by atoms with E-state index in [4.69, 9.17) is 0 Å². The van der Waals surface area contributed by atoms with Crippen LogP contribution in [0.25, 0.3) is 0 Å². The van der Waals surface area contributed by atoms with Gasteiger partial charge in [-0.25, -0.2) is 8.78 Å². The van der Waals surface area contributed by atoms with E-state index in [1.165, 1.54) is 23.3 Å². The van der Waals surface area contributed by atoms with E-state index in [0.29, 0.717) is 25.3 Å². The minimum Gasteiger partial charge on any atom is -0.372 e. The highest BCUT2D eigenvalue weighted by Gasteiger charge is 2.13. The lowest BCUT2D eigenvalue weighted by Gasteiger charge is -2.26. The van der Waals surface area contributed by atoms with E-state index in [0.717, 1.165) is 29.8 Å². The Morgan fingerprint density at radius 3 is 2.68 bits per heavy atom. The molecule has 1 heterocycles. The fourth-order valence-electron chi connectivity index (χ4n) is 3.47. The number of benzene rings is 2. The third-order valence-corrected chi connectivity index (χ3v) is 5.30. The van der Waals surface area contributed by atoms with Gasteiger partial charge in [0.2, 0.25) is 0 Å². The summed E-state index contributed by atoms with van der Waals surface area (Å²) >= 11 is 0. The normalized spacial score (nSPS) is 13.2. The molecule has 5 heteroatoms. The monoisotopic (exact) mass is 421 g/mol. The largest absolute Gasteiger partial charge is 0.372 e. The van der Waals surface area contributed by atoms with Gasteiger partial charge in [-0.15, -0.1) is 6.58 Å². The van der Waals surface area contributed by atoms with Gasteiger partial charge >= 0.3 is 0 Å². The summed E-state index contributed by atoms with van der Waals surface area (Å²) in [6.07, 6.45) is 9.59. The molecule has 2 aromatic rings. The van der Waals surface area contributed by atoms with Crippen LogP contribution in [0.5, 0.6) is 0 Å². The second-order valence-electron chi connectivity index (χ2n) is 7.71. The van der Waals surface area contributed by atoms with E-state index >= 15 is 0 Å². The second-order valence-corrected chi connectivity index (χ2v) is 7.71. The van der Waals surface area contributed by atoms with Gasteiger partial charge < -0.3 is 10.6 Å². The molecule has 0 fully saturated rings. The summed E-state index contributed by atoms with van der Waals surface area (Å²) in [6, 6.07) is 10.4. The first-order chi connectivity index (χ1) is 15.0. The van der Waals surface area contributed by atoms with Crippen molar-refractivity contribution in [2.24, 2.45) is 0 Å². The molecule has 0 bridgehead atoms. The topological polar surface area (TPSA) is 27.3 Å². The molecule has 0 amide bonds. The molecule has 2 N–H and O–H groups in total.